The first-order valence-corrected chi connectivity index (χ1v) is 9.38. The first-order valence-electron chi connectivity index (χ1n) is 7.28. The summed E-state index contributed by atoms with van der Waals surface area (Å²) in [7, 11) is 1.97. The standard InChI is InChI=1S/C17H22N2OS2/c1-19(12-14-5-7-15(21-2)8-6-14)13-17(20)18-10-9-16-4-3-11-22-16/h3-8,11H,9-10,12-13H2,1-2H3,(H,18,20). The summed E-state index contributed by atoms with van der Waals surface area (Å²) in [6.45, 7) is 1.91. The number of thiophene rings is 1. The van der Waals surface area contributed by atoms with E-state index in [4.69, 9.17) is 0 Å². The molecular formula is C17H22N2OS2. The monoisotopic (exact) mass is 334 g/mol. The average molecular weight is 335 g/mol. The summed E-state index contributed by atoms with van der Waals surface area (Å²) in [6, 6.07) is 12.6. The zero-order valence-corrected chi connectivity index (χ0v) is 14.7. The van der Waals surface area contributed by atoms with Crippen molar-refractivity contribution in [3.8, 4) is 0 Å². The lowest BCUT2D eigenvalue weighted by Gasteiger charge is -2.16. The Labute approximate surface area is 140 Å². The van der Waals surface area contributed by atoms with E-state index in [1.807, 2.05) is 18.0 Å². The van der Waals surface area contributed by atoms with Crippen LogP contribution in [0.1, 0.15) is 10.4 Å². The highest BCUT2D eigenvalue weighted by Gasteiger charge is 2.07. The Morgan fingerprint density at radius 2 is 2.05 bits per heavy atom. The van der Waals surface area contributed by atoms with Crippen molar-refractivity contribution in [1.29, 1.82) is 0 Å². The molecule has 0 spiro atoms. The predicted molar refractivity (Wildman–Crippen MR) is 95.6 cm³/mol. The predicted octanol–water partition coefficient (Wildman–Crippen LogP) is 3.26. The van der Waals surface area contributed by atoms with Crippen LogP contribution in [0.4, 0.5) is 0 Å². The number of carbonyl (C=O) groups excluding carboxylic acids is 1. The van der Waals surface area contributed by atoms with E-state index in [0.717, 1.165) is 13.0 Å². The fraction of sp³-hybridized carbons (Fsp3) is 0.353. The Balaban J connectivity index is 1.68. The van der Waals surface area contributed by atoms with Crippen molar-refractivity contribution < 1.29 is 4.79 Å². The number of thioether (sulfide) groups is 1. The molecule has 1 aromatic heterocycles. The normalized spacial score (nSPS) is 10.9. The maximum Gasteiger partial charge on any atom is 0.234 e. The molecule has 0 saturated carbocycles. The molecule has 1 heterocycles. The number of hydrogen-bond acceptors (Lipinski definition) is 4. The van der Waals surface area contributed by atoms with Crippen LogP contribution in [0.3, 0.4) is 0 Å². The summed E-state index contributed by atoms with van der Waals surface area (Å²) in [5.74, 6) is 0.0831. The Kier molecular flexibility index (Phi) is 6.96. The van der Waals surface area contributed by atoms with Crippen molar-refractivity contribution in [2.75, 3.05) is 26.4 Å². The first kappa shape index (κ1) is 17.1. The lowest BCUT2D eigenvalue weighted by Crippen LogP contribution is -2.35. The Morgan fingerprint density at radius 3 is 2.68 bits per heavy atom. The van der Waals surface area contributed by atoms with Crippen molar-refractivity contribution in [2.45, 2.75) is 17.9 Å². The van der Waals surface area contributed by atoms with Crippen LogP contribution in [0.5, 0.6) is 0 Å². The summed E-state index contributed by atoms with van der Waals surface area (Å²) < 4.78 is 0. The number of likely N-dealkylation sites (N-methyl/N-ethyl adjacent to an activating group) is 1. The molecule has 0 radical (unpaired) electrons. The lowest BCUT2D eigenvalue weighted by atomic mass is 10.2. The molecule has 0 unspecified atom stereocenters. The second-order valence-electron chi connectivity index (χ2n) is 5.20. The van der Waals surface area contributed by atoms with Gasteiger partial charge in [-0.05, 0) is 48.9 Å². The number of nitrogens with one attached hydrogen (secondary N) is 1. The quantitative estimate of drug-likeness (QED) is 0.752. The largest absolute Gasteiger partial charge is 0.355 e. The maximum atomic E-state index is 11.9. The molecule has 0 saturated heterocycles. The van der Waals surface area contributed by atoms with Gasteiger partial charge in [-0.2, -0.15) is 0 Å². The van der Waals surface area contributed by atoms with Gasteiger partial charge in [-0.25, -0.2) is 0 Å². The van der Waals surface area contributed by atoms with Gasteiger partial charge in [0.25, 0.3) is 0 Å². The molecule has 0 bridgehead atoms. The van der Waals surface area contributed by atoms with Crippen molar-refractivity contribution in [3.05, 3.63) is 52.2 Å². The molecule has 3 nitrogen and oxygen atoms in total. The summed E-state index contributed by atoms with van der Waals surface area (Å²) in [5, 5.41) is 5.04. The molecular weight excluding hydrogens is 312 g/mol. The minimum Gasteiger partial charge on any atom is -0.355 e. The molecule has 2 rings (SSSR count). The summed E-state index contributed by atoms with van der Waals surface area (Å²) >= 11 is 3.47. The summed E-state index contributed by atoms with van der Waals surface area (Å²) in [4.78, 5) is 16.5. The van der Waals surface area contributed by atoms with Gasteiger partial charge < -0.3 is 5.32 Å². The highest BCUT2D eigenvalue weighted by atomic mass is 32.2. The Morgan fingerprint density at radius 1 is 1.27 bits per heavy atom. The van der Waals surface area contributed by atoms with E-state index in [1.54, 1.807) is 23.1 Å². The summed E-state index contributed by atoms with van der Waals surface area (Å²) in [6.07, 6.45) is 2.98. The van der Waals surface area contributed by atoms with E-state index in [9.17, 15) is 4.79 Å². The van der Waals surface area contributed by atoms with E-state index in [-0.39, 0.29) is 5.91 Å². The Bertz CT molecular complexity index is 567. The van der Waals surface area contributed by atoms with E-state index in [0.29, 0.717) is 13.1 Å². The number of amides is 1. The molecule has 0 aliphatic rings. The van der Waals surface area contributed by atoms with Gasteiger partial charge in [0, 0.05) is 22.9 Å². The van der Waals surface area contributed by atoms with Crippen LogP contribution in [0, 0.1) is 0 Å². The van der Waals surface area contributed by atoms with Crippen LogP contribution >= 0.6 is 23.1 Å². The number of nitrogens with zero attached hydrogens (tertiary/aromatic N) is 1. The number of rotatable bonds is 8. The van der Waals surface area contributed by atoms with Gasteiger partial charge in [-0.1, -0.05) is 18.2 Å². The third-order valence-corrected chi connectivity index (χ3v) is 4.98. The van der Waals surface area contributed by atoms with Crippen LogP contribution in [-0.4, -0.2) is 37.2 Å². The molecule has 1 aromatic carbocycles. The SMILES string of the molecule is CSc1ccc(CN(C)CC(=O)NCCc2cccs2)cc1. The van der Waals surface area contributed by atoms with Gasteiger partial charge in [0.05, 0.1) is 6.54 Å². The maximum absolute atomic E-state index is 11.9. The molecule has 5 heteroatoms. The van der Waals surface area contributed by atoms with Crippen LogP contribution in [0.25, 0.3) is 0 Å². The van der Waals surface area contributed by atoms with Gasteiger partial charge in [0.15, 0.2) is 0 Å². The van der Waals surface area contributed by atoms with Crippen LogP contribution in [0.15, 0.2) is 46.7 Å². The molecule has 0 aliphatic heterocycles. The first-order chi connectivity index (χ1) is 10.7. The third-order valence-electron chi connectivity index (χ3n) is 3.30. The van der Waals surface area contributed by atoms with Gasteiger partial charge in [0.2, 0.25) is 5.91 Å². The van der Waals surface area contributed by atoms with Gasteiger partial charge in [0.1, 0.15) is 0 Å². The lowest BCUT2D eigenvalue weighted by molar-refractivity contribution is -0.122. The molecule has 0 fully saturated rings. The van der Waals surface area contributed by atoms with Crippen molar-refractivity contribution in [2.24, 2.45) is 0 Å². The molecule has 22 heavy (non-hydrogen) atoms. The molecule has 0 aliphatic carbocycles. The highest BCUT2D eigenvalue weighted by molar-refractivity contribution is 7.98. The van der Waals surface area contributed by atoms with Gasteiger partial charge in [-0.3, -0.25) is 9.69 Å². The van der Waals surface area contributed by atoms with Crippen molar-refractivity contribution in [1.82, 2.24) is 10.2 Å². The zero-order valence-electron chi connectivity index (χ0n) is 13.0. The average Bonchev–Trinajstić information content (AvgIpc) is 3.01. The number of hydrogen-bond donors (Lipinski definition) is 1. The molecule has 118 valence electrons. The molecule has 1 amide bonds. The second kappa shape index (κ2) is 8.98. The smallest absolute Gasteiger partial charge is 0.234 e. The fourth-order valence-corrected chi connectivity index (χ4v) is 3.30. The van der Waals surface area contributed by atoms with Crippen LogP contribution in [0.2, 0.25) is 0 Å². The summed E-state index contributed by atoms with van der Waals surface area (Å²) in [5.41, 5.74) is 1.23. The van der Waals surface area contributed by atoms with Gasteiger partial charge >= 0.3 is 0 Å². The number of carbonyl (C=O) groups is 1. The molecule has 0 atom stereocenters. The zero-order chi connectivity index (χ0) is 15.8. The number of benzene rings is 1. The highest BCUT2D eigenvalue weighted by Crippen LogP contribution is 2.15. The van der Waals surface area contributed by atoms with Crippen molar-refractivity contribution in [3.63, 3.8) is 0 Å². The van der Waals surface area contributed by atoms with Gasteiger partial charge in [-0.15, -0.1) is 23.1 Å². The fourth-order valence-electron chi connectivity index (χ4n) is 2.18. The van der Waals surface area contributed by atoms with Crippen LogP contribution < -0.4 is 5.32 Å². The van der Waals surface area contributed by atoms with E-state index in [2.05, 4.69) is 47.3 Å². The van der Waals surface area contributed by atoms with E-state index >= 15 is 0 Å². The molecule has 1 N–H and O–H groups in total. The van der Waals surface area contributed by atoms with Crippen LogP contribution in [-0.2, 0) is 17.8 Å². The minimum absolute atomic E-state index is 0.0831. The van der Waals surface area contributed by atoms with E-state index < -0.39 is 0 Å². The third kappa shape index (κ3) is 5.83. The Hall–Kier alpha value is -1.30. The minimum atomic E-state index is 0.0831. The van der Waals surface area contributed by atoms with E-state index in [1.165, 1.54) is 15.3 Å². The second-order valence-corrected chi connectivity index (χ2v) is 7.11. The van der Waals surface area contributed by atoms with Crippen molar-refractivity contribution >= 4 is 29.0 Å². The molecule has 2 aromatic rings. The topological polar surface area (TPSA) is 32.3 Å².